The van der Waals surface area contributed by atoms with Crippen molar-refractivity contribution in [1.29, 1.82) is 0 Å². The van der Waals surface area contributed by atoms with Crippen molar-refractivity contribution in [2.24, 2.45) is 0 Å². The minimum atomic E-state index is -3.72. The van der Waals surface area contributed by atoms with Gasteiger partial charge in [0.1, 0.15) is 5.75 Å². The number of hydrogen-bond donors (Lipinski definition) is 0. The Bertz CT molecular complexity index is 542. The Morgan fingerprint density at radius 3 is 2.47 bits per heavy atom. The van der Waals surface area contributed by atoms with Gasteiger partial charge in [0.25, 0.3) is 0 Å². The molecule has 0 aromatic heterocycles. The highest BCUT2D eigenvalue weighted by atomic mass is 32.2. The van der Waals surface area contributed by atoms with Crippen LogP contribution in [0.2, 0.25) is 0 Å². The maximum atomic E-state index is 11.4. The zero-order valence-electron chi connectivity index (χ0n) is 10.1. The summed E-state index contributed by atoms with van der Waals surface area (Å²) in [6.45, 7) is 10.7. The first-order valence-corrected chi connectivity index (χ1v) is 6.64. The first kappa shape index (κ1) is 13.5. The highest BCUT2D eigenvalue weighted by Gasteiger charge is 2.13. The van der Waals surface area contributed by atoms with Gasteiger partial charge >= 0.3 is 10.1 Å². The molecule has 0 aliphatic carbocycles. The summed E-state index contributed by atoms with van der Waals surface area (Å²) in [7, 11) is -3.72. The summed E-state index contributed by atoms with van der Waals surface area (Å²) in [5.41, 5.74) is 2.76. The van der Waals surface area contributed by atoms with E-state index in [0.717, 1.165) is 22.1 Å². The molecule has 1 aromatic carbocycles. The van der Waals surface area contributed by atoms with Crippen LogP contribution in [0.5, 0.6) is 5.75 Å². The molecule has 0 unspecified atom stereocenters. The van der Waals surface area contributed by atoms with Gasteiger partial charge in [-0.25, -0.2) is 0 Å². The zero-order chi connectivity index (χ0) is 13.1. The van der Waals surface area contributed by atoms with Crippen LogP contribution in [0.25, 0.3) is 0 Å². The van der Waals surface area contributed by atoms with Crippen LogP contribution in [0.3, 0.4) is 0 Å². The molecule has 1 rings (SSSR count). The minimum Gasteiger partial charge on any atom is -0.379 e. The van der Waals surface area contributed by atoms with Gasteiger partial charge in [-0.1, -0.05) is 18.7 Å². The number of benzene rings is 1. The molecule has 17 heavy (non-hydrogen) atoms. The van der Waals surface area contributed by atoms with Crippen LogP contribution in [0.15, 0.2) is 36.8 Å². The lowest BCUT2D eigenvalue weighted by Crippen LogP contribution is -2.07. The topological polar surface area (TPSA) is 43.4 Å². The minimum absolute atomic E-state index is 0.349. The van der Waals surface area contributed by atoms with E-state index in [9.17, 15) is 8.42 Å². The molecule has 92 valence electrons. The third-order valence-electron chi connectivity index (χ3n) is 2.33. The first-order chi connectivity index (χ1) is 7.89. The molecule has 3 nitrogen and oxygen atoms in total. The molecule has 4 heteroatoms. The predicted molar refractivity (Wildman–Crippen MR) is 69.6 cm³/mol. The second-order valence-corrected chi connectivity index (χ2v) is 5.28. The number of allylic oxidation sites excluding steroid dienone is 1. The zero-order valence-corrected chi connectivity index (χ0v) is 10.9. The van der Waals surface area contributed by atoms with Crippen LogP contribution in [-0.4, -0.2) is 8.42 Å². The molecule has 0 saturated heterocycles. The van der Waals surface area contributed by atoms with E-state index in [1.54, 1.807) is 12.1 Å². The van der Waals surface area contributed by atoms with Crippen LogP contribution >= 0.6 is 0 Å². The van der Waals surface area contributed by atoms with E-state index in [2.05, 4.69) is 13.2 Å². The van der Waals surface area contributed by atoms with Gasteiger partial charge in [0.15, 0.2) is 0 Å². The second-order valence-electron chi connectivity index (χ2n) is 3.79. The molecular formula is C13H16O3S. The maximum absolute atomic E-state index is 11.4. The molecule has 0 heterocycles. The molecule has 0 amide bonds. The third-order valence-corrected chi connectivity index (χ3v) is 3.16. The number of hydrogen-bond acceptors (Lipinski definition) is 3. The van der Waals surface area contributed by atoms with Gasteiger partial charge in [-0.3, -0.25) is 0 Å². The van der Waals surface area contributed by atoms with Crippen LogP contribution < -0.4 is 4.18 Å². The monoisotopic (exact) mass is 252 g/mol. The Balaban J connectivity index is 3.30. The molecule has 0 aliphatic rings. The van der Waals surface area contributed by atoms with Crippen molar-refractivity contribution in [3.8, 4) is 5.75 Å². The summed E-state index contributed by atoms with van der Waals surface area (Å²) >= 11 is 0. The Morgan fingerprint density at radius 1 is 1.29 bits per heavy atom. The predicted octanol–water partition coefficient (Wildman–Crippen LogP) is 2.88. The number of rotatable bonds is 5. The van der Waals surface area contributed by atoms with Gasteiger partial charge in [0.05, 0.1) is 5.41 Å². The summed E-state index contributed by atoms with van der Waals surface area (Å²) in [4.78, 5) is 0. The molecule has 0 atom stereocenters. The smallest absolute Gasteiger partial charge is 0.331 e. The van der Waals surface area contributed by atoms with E-state index in [-0.39, 0.29) is 0 Å². The highest BCUT2D eigenvalue weighted by Crippen LogP contribution is 2.26. The van der Waals surface area contributed by atoms with Crippen molar-refractivity contribution in [2.75, 3.05) is 0 Å². The van der Waals surface area contributed by atoms with E-state index in [0.29, 0.717) is 12.2 Å². The second kappa shape index (κ2) is 5.19. The van der Waals surface area contributed by atoms with Gasteiger partial charge < -0.3 is 4.18 Å². The summed E-state index contributed by atoms with van der Waals surface area (Å²) in [5.74, 6) is 0.349. The van der Waals surface area contributed by atoms with Crippen LogP contribution in [-0.2, 0) is 16.5 Å². The van der Waals surface area contributed by atoms with Crippen molar-refractivity contribution in [1.82, 2.24) is 0 Å². The Labute approximate surface area is 103 Å². The Hall–Kier alpha value is -1.55. The molecule has 0 bridgehead atoms. The van der Waals surface area contributed by atoms with Gasteiger partial charge in [-0.2, -0.15) is 8.42 Å². The largest absolute Gasteiger partial charge is 0.379 e. The normalized spacial score (nSPS) is 10.9. The van der Waals surface area contributed by atoms with Crippen LogP contribution in [0, 0.1) is 13.8 Å². The summed E-state index contributed by atoms with van der Waals surface area (Å²) < 4.78 is 27.8. The first-order valence-electron chi connectivity index (χ1n) is 5.17. The standard InChI is InChI=1S/C13H16O3S/c1-5-7-12-11(4)8-10(3)9-13(12)16-17(14,15)6-2/h5-6,8-9H,1-2,7H2,3-4H3. The highest BCUT2D eigenvalue weighted by molar-refractivity contribution is 7.90. The molecule has 0 aliphatic heterocycles. The summed E-state index contributed by atoms with van der Waals surface area (Å²) in [6, 6.07) is 3.68. The average Bonchev–Trinajstić information content (AvgIpc) is 2.23. The quantitative estimate of drug-likeness (QED) is 0.598. The van der Waals surface area contributed by atoms with Crippen LogP contribution in [0.4, 0.5) is 0 Å². The summed E-state index contributed by atoms with van der Waals surface area (Å²) in [6.07, 6.45) is 2.28. The third kappa shape index (κ3) is 3.46. The average molecular weight is 252 g/mol. The number of aryl methyl sites for hydroxylation is 2. The fourth-order valence-electron chi connectivity index (χ4n) is 1.60. The molecule has 1 aromatic rings. The van der Waals surface area contributed by atoms with Crippen LogP contribution in [0.1, 0.15) is 16.7 Å². The van der Waals surface area contributed by atoms with E-state index < -0.39 is 10.1 Å². The van der Waals surface area contributed by atoms with E-state index >= 15 is 0 Å². The summed E-state index contributed by atoms with van der Waals surface area (Å²) in [5, 5.41) is 0.794. The lowest BCUT2D eigenvalue weighted by molar-refractivity contribution is 0.493. The Kier molecular flexibility index (Phi) is 4.12. The van der Waals surface area contributed by atoms with E-state index in [1.807, 2.05) is 19.9 Å². The maximum Gasteiger partial charge on any atom is 0.331 e. The Morgan fingerprint density at radius 2 is 1.94 bits per heavy atom. The van der Waals surface area contributed by atoms with Crippen molar-refractivity contribution >= 4 is 10.1 Å². The fourth-order valence-corrected chi connectivity index (χ4v) is 2.06. The fraction of sp³-hybridized carbons (Fsp3) is 0.231. The molecule has 0 N–H and O–H groups in total. The van der Waals surface area contributed by atoms with Gasteiger partial charge in [-0.05, 0) is 37.5 Å². The van der Waals surface area contributed by atoms with E-state index in [4.69, 9.17) is 4.18 Å². The SMILES string of the molecule is C=CCc1c(C)cc(C)cc1OS(=O)(=O)C=C. The lowest BCUT2D eigenvalue weighted by Gasteiger charge is -2.12. The van der Waals surface area contributed by atoms with Gasteiger partial charge in [0.2, 0.25) is 0 Å². The molecule has 0 saturated carbocycles. The van der Waals surface area contributed by atoms with E-state index in [1.165, 1.54) is 0 Å². The van der Waals surface area contributed by atoms with Crippen molar-refractivity contribution < 1.29 is 12.6 Å². The molecule has 0 spiro atoms. The van der Waals surface area contributed by atoms with Crippen molar-refractivity contribution in [2.45, 2.75) is 20.3 Å². The van der Waals surface area contributed by atoms with Crippen molar-refractivity contribution in [3.05, 3.63) is 53.5 Å². The van der Waals surface area contributed by atoms with Crippen molar-refractivity contribution in [3.63, 3.8) is 0 Å². The molecule has 0 fully saturated rings. The molecule has 0 radical (unpaired) electrons. The lowest BCUT2D eigenvalue weighted by atomic mass is 10.0. The van der Waals surface area contributed by atoms with Gasteiger partial charge in [-0.15, -0.1) is 6.58 Å². The van der Waals surface area contributed by atoms with Gasteiger partial charge in [0, 0.05) is 5.56 Å². The molecular weight excluding hydrogens is 236 g/mol.